The van der Waals surface area contributed by atoms with Crippen LogP contribution in [0.1, 0.15) is 73.5 Å². The molecule has 6 nitrogen and oxygen atoms in total. The molecule has 5 rings (SSSR count). The molecule has 1 aromatic carbocycles. The van der Waals surface area contributed by atoms with E-state index in [1.54, 1.807) is 7.11 Å². The van der Waals surface area contributed by atoms with Crippen LogP contribution in [0, 0.1) is 6.92 Å². The lowest BCUT2D eigenvalue weighted by Crippen LogP contribution is -2.43. The Morgan fingerprint density at radius 3 is 2.58 bits per heavy atom. The summed E-state index contributed by atoms with van der Waals surface area (Å²) in [5.74, 6) is 3.15. The molecular weight excluding hydrogens is 412 g/mol. The van der Waals surface area contributed by atoms with Gasteiger partial charge in [0.25, 0.3) is 0 Å². The first-order valence-corrected chi connectivity index (χ1v) is 12.7. The van der Waals surface area contributed by atoms with Crippen molar-refractivity contribution in [1.82, 2.24) is 14.9 Å². The molecule has 1 aliphatic carbocycles. The van der Waals surface area contributed by atoms with Crippen LogP contribution >= 0.6 is 0 Å². The Labute approximate surface area is 197 Å². The van der Waals surface area contributed by atoms with E-state index >= 15 is 0 Å². The number of aryl methyl sites for hydroxylation is 1. The summed E-state index contributed by atoms with van der Waals surface area (Å²) in [4.78, 5) is 27.4. The molecule has 0 radical (unpaired) electrons. The normalized spacial score (nSPS) is 21.9. The molecule has 6 heteroatoms. The first kappa shape index (κ1) is 22.3. The second kappa shape index (κ2) is 9.80. The molecular formula is C27H36N4O2. The number of carbonyl (C=O) groups is 1. The standard InChI is InChI=1S/C27H36N4O2/c1-19-24-17-25(32)31(16-14-20-10-12-23(33-2)13-11-20)27(24)29-26(28-19)21-7-6-15-30(18-21)22-8-4-3-5-9-22/h10-13,21-22H,3-9,14-18H2,1-2H3/t21-/m0/s1. The molecule has 1 amide bonds. The van der Waals surface area contributed by atoms with Crippen LogP contribution in [0.25, 0.3) is 0 Å². The fraction of sp³-hybridized carbons (Fsp3) is 0.593. The van der Waals surface area contributed by atoms with Gasteiger partial charge in [-0.1, -0.05) is 31.4 Å². The molecule has 1 saturated heterocycles. The molecule has 0 spiro atoms. The average molecular weight is 449 g/mol. The summed E-state index contributed by atoms with van der Waals surface area (Å²) in [5, 5.41) is 0. The monoisotopic (exact) mass is 448 g/mol. The number of nitrogens with zero attached hydrogens (tertiary/aromatic N) is 4. The van der Waals surface area contributed by atoms with Crippen LogP contribution in [0.4, 0.5) is 5.82 Å². The number of carbonyl (C=O) groups excluding carboxylic acids is 1. The molecule has 1 saturated carbocycles. The number of amides is 1. The number of ether oxygens (including phenoxy) is 1. The highest BCUT2D eigenvalue weighted by molar-refractivity contribution is 6.00. The van der Waals surface area contributed by atoms with Crippen LogP contribution in [-0.2, 0) is 17.6 Å². The van der Waals surface area contributed by atoms with E-state index in [0.717, 1.165) is 54.1 Å². The van der Waals surface area contributed by atoms with Gasteiger partial charge in [0.05, 0.1) is 13.5 Å². The topological polar surface area (TPSA) is 58.6 Å². The maximum absolute atomic E-state index is 12.9. The van der Waals surface area contributed by atoms with Crippen molar-refractivity contribution in [3.05, 3.63) is 46.9 Å². The minimum Gasteiger partial charge on any atom is -0.497 e. The molecule has 0 bridgehead atoms. The van der Waals surface area contributed by atoms with Gasteiger partial charge in [-0.05, 0) is 63.3 Å². The van der Waals surface area contributed by atoms with E-state index in [1.165, 1.54) is 50.6 Å². The highest BCUT2D eigenvalue weighted by Crippen LogP contribution is 2.34. The van der Waals surface area contributed by atoms with Gasteiger partial charge in [0, 0.05) is 36.3 Å². The van der Waals surface area contributed by atoms with Crippen molar-refractivity contribution in [2.45, 2.75) is 76.7 Å². The Bertz CT molecular complexity index is 984. The molecule has 1 aromatic heterocycles. The first-order chi connectivity index (χ1) is 16.1. The predicted octanol–water partition coefficient (Wildman–Crippen LogP) is 4.44. The largest absolute Gasteiger partial charge is 0.497 e. The lowest BCUT2D eigenvalue weighted by atomic mass is 9.90. The summed E-state index contributed by atoms with van der Waals surface area (Å²) in [6.07, 6.45) is 10.4. The van der Waals surface area contributed by atoms with Crippen molar-refractivity contribution < 1.29 is 9.53 Å². The summed E-state index contributed by atoms with van der Waals surface area (Å²) >= 11 is 0. The zero-order valence-corrected chi connectivity index (χ0v) is 20.1. The first-order valence-electron chi connectivity index (χ1n) is 12.7. The highest BCUT2D eigenvalue weighted by Gasteiger charge is 2.34. The number of likely N-dealkylation sites (tertiary alicyclic amines) is 1. The third-order valence-electron chi connectivity index (χ3n) is 7.79. The zero-order valence-electron chi connectivity index (χ0n) is 20.1. The highest BCUT2D eigenvalue weighted by atomic mass is 16.5. The number of methoxy groups -OCH3 is 1. The summed E-state index contributed by atoms with van der Waals surface area (Å²) in [7, 11) is 1.68. The van der Waals surface area contributed by atoms with E-state index in [-0.39, 0.29) is 5.91 Å². The molecule has 2 aliphatic heterocycles. The summed E-state index contributed by atoms with van der Waals surface area (Å²) < 4.78 is 5.26. The molecule has 1 atom stereocenters. The van der Waals surface area contributed by atoms with Crippen LogP contribution in [0.2, 0.25) is 0 Å². The molecule has 176 valence electrons. The number of piperidine rings is 1. The number of hydrogen-bond acceptors (Lipinski definition) is 5. The summed E-state index contributed by atoms with van der Waals surface area (Å²) in [6, 6.07) is 8.82. The maximum Gasteiger partial charge on any atom is 0.232 e. The smallest absolute Gasteiger partial charge is 0.232 e. The van der Waals surface area contributed by atoms with Crippen molar-refractivity contribution in [3.63, 3.8) is 0 Å². The van der Waals surface area contributed by atoms with Gasteiger partial charge < -0.3 is 4.74 Å². The third kappa shape index (κ3) is 4.77. The summed E-state index contributed by atoms with van der Waals surface area (Å²) in [6.45, 7) is 4.96. The van der Waals surface area contributed by atoms with E-state index < -0.39 is 0 Å². The van der Waals surface area contributed by atoms with E-state index in [4.69, 9.17) is 14.7 Å². The number of hydrogen-bond donors (Lipinski definition) is 0. The quantitative estimate of drug-likeness (QED) is 0.654. The fourth-order valence-electron chi connectivity index (χ4n) is 5.84. The van der Waals surface area contributed by atoms with Crippen LogP contribution in [-0.4, -0.2) is 53.6 Å². The molecule has 0 unspecified atom stereocenters. The Balaban J connectivity index is 1.32. The second-order valence-electron chi connectivity index (χ2n) is 9.92. The lowest BCUT2D eigenvalue weighted by Gasteiger charge is -2.39. The van der Waals surface area contributed by atoms with Crippen molar-refractivity contribution in [2.75, 3.05) is 31.6 Å². The van der Waals surface area contributed by atoms with Gasteiger partial charge >= 0.3 is 0 Å². The Kier molecular flexibility index (Phi) is 6.63. The second-order valence-corrected chi connectivity index (χ2v) is 9.92. The van der Waals surface area contributed by atoms with Gasteiger partial charge in [-0.3, -0.25) is 14.6 Å². The number of benzene rings is 1. The predicted molar refractivity (Wildman–Crippen MR) is 130 cm³/mol. The van der Waals surface area contributed by atoms with Gasteiger partial charge in [-0.2, -0.15) is 0 Å². The minimum atomic E-state index is 0.139. The minimum absolute atomic E-state index is 0.139. The van der Waals surface area contributed by atoms with Crippen molar-refractivity contribution in [1.29, 1.82) is 0 Å². The van der Waals surface area contributed by atoms with Crippen LogP contribution in [0.5, 0.6) is 5.75 Å². The van der Waals surface area contributed by atoms with E-state index in [1.807, 2.05) is 24.0 Å². The van der Waals surface area contributed by atoms with Crippen molar-refractivity contribution in [3.8, 4) is 5.75 Å². The Morgan fingerprint density at radius 1 is 1.03 bits per heavy atom. The SMILES string of the molecule is COc1ccc(CCN2C(=O)Cc3c(C)nc([C@H]4CCCN(C5CCCCC5)C4)nc32)cc1. The number of aromatic nitrogens is 2. The molecule has 2 aromatic rings. The van der Waals surface area contributed by atoms with Crippen LogP contribution in [0.15, 0.2) is 24.3 Å². The number of anilines is 1. The van der Waals surface area contributed by atoms with Crippen molar-refractivity contribution in [2.24, 2.45) is 0 Å². The molecule has 3 aliphatic rings. The molecule has 3 heterocycles. The number of fused-ring (bicyclic) bond motifs is 1. The van der Waals surface area contributed by atoms with Gasteiger partial charge in [0.2, 0.25) is 5.91 Å². The maximum atomic E-state index is 12.9. The number of rotatable bonds is 6. The van der Waals surface area contributed by atoms with Crippen molar-refractivity contribution >= 4 is 11.7 Å². The molecule has 33 heavy (non-hydrogen) atoms. The average Bonchev–Trinajstić information content (AvgIpc) is 3.19. The Hall–Kier alpha value is -2.47. The Morgan fingerprint density at radius 2 is 1.82 bits per heavy atom. The summed E-state index contributed by atoms with van der Waals surface area (Å²) in [5.41, 5.74) is 3.18. The molecule has 0 N–H and O–H groups in total. The molecule has 2 fully saturated rings. The van der Waals surface area contributed by atoms with E-state index in [9.17, 15) is 4.79 Å². The van der Waals surface area contributed by atoms with Crippen LogP contribution in [0.3, 0.4) is 0 Å². The zero-order chi connectivity index (χ0) is 22.8. The van der Waals surface area contributed by atoms with Gasteiger partial charge in [-0.25, -0.2) is 9.97 Å². The van der Waals surface area contributed by atoms with Crippen LogP contribution < -0.4 is 9.64 Å². The van der Waals surface area contributed by atoms with Gasteiger partial charge in [-0.15, -0.1) is 0 Å². The van der Waals surface area contributed by atoms with Gasteiger partial charge in [0.1, 0.15) is 17.4 Å². The lowest BCUT2D eigenvalue weighted by molar-refractivity contribution is -0.117. The van der Waals surface area contributed by atoms with E-state index in [0.29, 0.717) is 18.9 Å². The van der Waals surface area contributed by atoms with Gasteiger partial charge in [0.15, 0.2) is 0 Å². The third-order valence-corrected chi connectivity index (χ3v) is 7.79. The fourth-order valence-corrected chi connectivity index (χ4v) is 5.84. The van der Waals surface area contributed by atoms with E-state index in [2.05, 4.69) is 17.0 Å².